The third-order valence-corrected chi connectivity index (χ3v) is 11.7. The van der Waals surface area contributed by atoms with E-state index < -0.39 is 5.41 Å². The van der Waals surface area contributed by atoms with Crippen LogP contribution in [0.4, 0.5) is 0 Å². The Hall–Kier alpha value is -7.30. The van der Waals surface area contributed by atoms with Crippen molar-refractivity contribution in [2.75, 3.05) is 0 Å². The van der Waals surface area contributed by atoms with Crippen molar-refractivity contribution in [3.8, 4) is 51.1 Å². The van der Waals surface area contributed by atoms with Gasteiger partial charge in [-0.1, -0.05) is 164 Å². The molecule has 0 radical (unpaired) electrons. The quantitative estimate of drug-likeness (QED) is 0.184. The van der Waals surface area contributed by atoms with Crippen LogP contribution in [0.15, 0.2) is 188 Å². The van der Waals surface area contributed by atoms with E-state index in [2.05, 4.69) is 180 Å². The zero-order valence-corrected chi connectivity index (χ0v) is 29.6. The maximum Gasteiger partial charge on any atom is 0.235 e. The lowest BCUT2D eigenvalue weighted by molar-refractivity contribution is 0.442. The Balaban J connectivity index is 1.24. The summed E-state index contributed by atoms with van der Waals surface area (Å²) in [4.78, 5) is 10.7. The van der Waals surface area contributed by atoms with Crippen molar-refractivity contribution in [1.29, 1.82) is 0 Å². The number of rotatable bonds is 3. The molecule has 0 saturated carbocycles. The van der Waals surface area contributed by atoms with Crippen LogP contribution < -0.4 is 4.74 Å². The second-order valence-corrected chi connectivity index (χ2v) is 14.5. The average Bonchev–Trinajstić information content (AvgIpc) is 3.76. The zero-order valence-electron chi connectivity index (χ0n) is 29.6. The molecule has 2 aromatic heterocycles. The predicted molar refractivity (Wildman–Crippen MR) is 222 cm³/mol. The molecule has 256 valence electrons. The molecule has 0 saturated heterocycles. The van der Waals surface area contributed by atoms with Gasteiger partial charge < -0.3 is 4.74 Å². The number of para-hydroxylation sites is 1. The fraction of sp³-hybridized carbons (Fsp3) is 0.0196. The Bertz CT molecular complexity index is 3080. The van der Waals surface area contributed by atoms with E-state index in [0.29, 0.717) is 5.95 Å². The molecular formula is C51H31N3O. The topological polar surface area (TPSA) is 39.9 Å². The van der Waals surface area contributed by atoms with Gasteiger partial charge in [-0.15, -0.1) is 0 Å². The van der Waals surface area contributed by atoms with Crippen LogP contribution in [-0.4, -0.2) is 14.5 Å². The van der Waals surface area contributed by atoms with E-state index in [1.807, 2.05) is 12.1 Å². The van der Waals surface area contributed by atoms with Crippen LogP contribution in [0.1, 0.15) is 22.3 Å². The number of hydrogen-bond donors (Lipinski definition) is 0. The van der Waals surface area contributed by atoms with Gasteiger partial charge in [-0.2, -0.15) is 0 Å². The molecule has 1 aliphatic heterocycles. The first-order valence-electron chi connectivity index (χ1n) is 18.8. The lowest BCUT2D eigenvalue weighted by Crippen LogP contribution is -2.32. The Morgan fingerprint density at radius 1 is 0.436 bits per heavy atom. The summed E-state index contributed by atoms with van der Waals surface area (Å²) in [5, 5.41) is 4.49. The maximum absolute atomic E-state index is 7.25. The standard InChI is InChI=1S/C51H31N3O/c1-3-16-33(17-4-1)42-31-43(34-18-5-2-6-19-34)53-50(52-42)54-44-29-27-32-15-7-8-20-35(32)47(44)48-45(54)30-28-41-49(48)55-46-26-14-13-25-40(46)51(41)38-23-11-9-21-36(38)37-22-10-12-24-39(37)51/h1-31H. The summed E-state index contributed by atoms with van der Waals surface area (Å²) >= 11 is 0. The van der Waals surface area contributed by atoms with Crippen LogP contribution in [0.2, 0.25) is 0 Å². The lowest BCUT2D eigenvalue weighted by atomic mass is 9.66. The van der Waals surface area contributed by atoms with Crippen molar-refractivity contribution >= 4 is 32.6 Å². The Labute approximate surface area is 317 Å². The number of ether oxygens (including phenoxy) is 1. The number of nitrogens with zero attached hydrogens (tertiary/aromatic N) is 3. The summed E-state index contributed by atoms with van der Waals surface area (Å²) in [5.74, 6) is 2.34. The first-order valence-corrected chi connectivity index (χ1v) is 18.8. The third-order valence-electron chi connectivity index (χ3n) is 11.7. The van der Waals surface area contributed by atoms with Crippen LogP contribution in [0.5, 0.6) is 11.5 Å². The van der Waals surface area contributed by atoms with Crippen LogP contribution in [0.25, 0.3) is 72.2 Å². The fourth-order valence-corrected chi connectivity index (χ4v) is 9.44. The molecule has 0 amide bonds. The van der Waals surface area contributed by atoms with Gasteiger partial charge in [0, 0.05) is 27.6 Å². The summed E-state index contributed by atoms with van der Waals surface area (Å²) < 4.78 is 9.49. The largest absolute Gasteiger partial charge is 0.456 e. The van der Waals surface area contributed by atoms with Crippen molar-refractivity contribution in [1.82, 2.24) is 14.5 Å². The summed E-state index contributed by atoms with van der Waals surface area (Å²) in [6.45, 7) is 0. The summed E-state index contributed by atoms with van der Waals surface area (Å²) in [6.07, 6.45) is 0. The molecule has 0 N–H and O–H groups in total. The normalized spacial score (nSPS) is 13.4. The highest BCUT2D eigenvalue weighted by Crippen LogP contribution is 2.63. The van der Waals surface area contributed by atoms with Gasteiger partial charge in [0.2, 0.25) is 5.95 Å². The minimum atomic E-state index is -0.575. The molecule has 0 fully saturated rings. The second kappa shape index (κ2) is 11.3. The maximum atomic E-state index is 7.25. The minimum absolute atomic E-state index is 0.575. The molecule has 55 heavy (non-hydrogen) atoms. The fourth-order valence-electron chi connectivity index (χ4n) is 9.44. The molecule has 12 rings (SSSR count). The van der Waals surface area contributed by atoms with Crippen molar-refractivity contribution in [3.63, 3.8) is 0 Å². The summed E-state index contributed by atoms with van der Waals surface area (Å²) in [7, 11) is 0. The van der Waals surface area contributed by atoms with Gasteiger partial charge >= 0.3 is 0 Å². The van der Waals surface area contributed by atoms with Crippen molar-refractivity contribution < 1.29 is 4.74 Å². The molecular weight excluding hydrogens is 671 g/mol. The van der Waals surface area contributed by atoms with E-state index in [1.165, 1.54) is 22.3 Å². The third kappa shape index (κ3) is 4.11. The van der Waals surface area contributed by atoms with E-state index in [1.54, 1.807) is 0 Å². The number of benzene rings is 8. The van der Waals surface area contributed by atoms with Crippen LogP contribution in [0.3, 0.4) is 0 Å². The molecule has 0 atom stereocenters. The highest BCUT2D eigenvalue weighted by Gasteiger charge is 2.51. The first-order chi connectivity index (χ1) is 27.3. The molecule has 0 unspecified atom stereocenters. The van der Waals surface area contributed by atoms with E-state index in [-0.39, 0.29) is 0 Å². The zero-order chi connectivity index (χ0) is 36.1. The SMILES string of the molecule is c1ccc(-c2cc(-c3ccccc3)nc(-n3c4ccc5c(c4c4c6ccccc6ccc43)Oc3ccccc3C53c4ccccc4-c4ccccc43)n2)cc1. The molecule has 3 heterocycles. The van der Waals surface area contributed by atoms with Gasteiger partial charge in [0.1, 0.15) is 11.5 Å². The molecule has 4 heteroatoms. The van der Waals surface area contributed by atoms with Gasteiger partial charge in [0.15, 0.2) is 0 Å². The van der Waals surface area contributed by atoms with Crippen molar-refractivity contribution in [2.45, 2.75) is 5.41 Å². The van der Waals surface area contributed by atoms with Gasteiger partial charge in [-0.3, -0.25) is 4.57 Å². The van der Waals surface area contributed by atoms with E-state index in [9.17, 15) is 0 Å². The average molecular weight is 702 g/mol. The van der Waals surface area contributed by atoms with E-state index in [0.717, 1.165) is 77.7 Å². The Morgan fingerprint density at radius 2 is 0.982 bits per heavy atom. The lowest BCUT2D eigenvalue weighted by Gasteiger charge is -2.39. The molecule has 10 aromatic rings. The van der Waals surface area contributed by atoms with Gasteiger partial charge in [-0.25, -0.2) is 9.97 Å². The highest BCUT2D eigenvalue weighted by atomic mass is 16.5. The van der Waals surface area contributed by atoms with Gasteiger partial charge in [0.25, 0.3) is 0 Å². The highest BCUT2D eigenvalue weighted by molar-refractivity contribution is 6.23. The molecule has 2 aliphatic rings. The monoisotopic (exact) mass is 701 g/mol. The number of hydrogen-bond acceptors (Lipinski definition) is 3. The van der Waals surface area contributed by atoms with E-state index >= 15 is 0 Å². The van der Waals surface area contributed by atoms with Crippen LogP contribution >= 0.6 is 0 Å². The molecule has 8 aromatic carbocycles. The van der Waals surface area contributed by atoms with Crippen molar-refractivity contribution in [2.24, 2.45) is 0 Å². The van der Waals surface area contributed by atoms with Gasteiger partial charge in [0.05, 0.1) is 33.2 Å². The second-order valence-electron chi connectivity index (χ2n) is 14.5. The summed E-state index contributed by atoms with van der Waals surface area (Å²) in [5.41, 5.74) is 12.6. The molecule has 1 spiro atoms. The smallest absolute Gasteiger partial charge is 0.235 e. The molecule has 4 nitrogen and oxygen atoms in total. The van der Waals surface area contributed by atoms with Crippen LogP contribution in [0, 0.1) is 0 Å². The molecule has 0 bridgehead atoms. The molecule has 1 aliphatic carbocycles. The Morgan fingerprint density at radius 3 is 1.67 bits per heavy atom. The van der Waals surface area contributed by atoms with Crippen molar-refractivity contribution in [3.05, 3.63) is 210 Å². The summed E-state index contributed by atoms with van der Waals surface area (Å²) in [6, 6.07) is 66.8. The first kappa shape index (κ1) is 30.2. The van der Waals surface area contributed by atoms with Gasteiger partial charge in [-0.05, 0) is 57.3 Å². The van der Waals surface area contributed by atoms with Crippen LogP contribution in [-0.2, 0) is 5.41 Å². The van der Waals surface area contributed by atoms with E-state index in [4.69, 9.17) is 14.7 Å². The minimum Gasteiger partial charge on any atom is -0.456 e. The predicted octanol–water partition coefficient (Wildman–Crippen LogP) is 12.5. The Kier molecular flexibility index (Phi) is 6.23. The number of aromatic nitrogens is 3. The number of fused-ring (bicyclic) bond motifs is 15.